The van der Waals surface area contributed by atoms with E-state index in [0.29, 0.717) is 56.5 Å². The summed E-state index contributed by atoms with van der Waals surface area (Å²) in [5, 5.41) is 2.74. The van der Waals surface area contributed by atoms with Gasteiger partial charge in [0, 0.05) is 87.3 Å². The van der Waals surface area contributed by atoms with Crippen molar-refractivity contribution in [1.82, 2.24) is 14.0 Å². The molecule has 4 heterocycles. The summed E-state index contributed by atoms with van der Waals surface area (Å²) in [4.78, 5) is 44.2. The number of anilines is 4. The van der Waals surface area contributed by atoms with Crippen molar-refractivity contribution in [2.24, 2.45) is 14.1 Å². The first-order valence-corrected chi connectivity index (χ1v) is 19.7. The summed E-state index contributed by atoms with van der Waals surface area (Å²) in [7, 11) is 6.97. The molecular weight excluding hydrogens is 776 g/mol. The number of ether oxygens (including phenoxy) is 2. The van der Waals surface area contributed by atoms with Crippen molar-refractivity contribution in [3.63, 3.8) is 0 Å². The van der Waals surface area contributed by atoms with E-state index in [-0.39, 0.29) is 23.2 Å². The number of aromatic nitrogens is 2. The standard InChI is InChI=1S/C28H31F3N4O3.C17H21N3O2/c1-18-5-6-23(32-26(36)20-11-19(16-33(2)3)12-22(13-20)28(29,30)31)15-24(18)21-14-25(27(37)34(4)17-21)35-7-9-38-10-8-35;1-12-3-4-14(18)10-15(12)13-9-16(17(21)19(2)11-13)20-5-7-22-8-6-20/h5-6,11-15,17H,7-10,16H2,1-4H3,(H,32,36);3-4,9-11H,5-8,18H2,1-2H3. The average molecular weight is 828 g/mol. The molecular formula is C45H52F3N7O5. The molecule has 1 amide bonds. The van der Waals surface area contributed by atoms with Gasteiger partial charge in [-0.15, -0.1) is 0 Å². The fourth-order valence-electron chi connectivity index (χ4n) is 7.35. The third-order valence-corrected chi connectivity index (χ3v) is 10.5. The molecule has 318 valence electrons. The van der Waals surface area contributed by atoms with Gasteiger partial charge in [-0.05, 0) is 110 Å². The van der Waals surface area contributed by atoms with E-state index in [1.807, 2.05) is 61.3 Å². The highest BCUT2D eigenvalue weighted by Crippen LogP contribution is 2.33. The number of hydrogen-bond donors (Lipinski definition) is 2. The predicted octanol–water partition coefficient (Wildman–Crippen LogP) is 6.31. The maximum atomic E-state index is 13.5. The van der Waals surface area contributed by atoms with Crippen LogP contribution < -0.4 is 32.0 Å². The summed E-state index contributed by atoms with van der Waals surface area (Å²) in [6.45, 7) is 9.34. The second-order valence-electron chi connectivity index (χ2n) is 15.5. The third-order valence-electron chi connectivity index (χ3n) is 10.5. The number of nitrogens with zero attached hydrogens (tertiary/aromatic N) is 5. The maximum absolute atomic E-state index is 13.5. The molecule has 2 fully saturated rings. The van der Waals surface area contributed by atoms with E-state index in [1.54, 1.807) is 56.0 Å². The van der Waals surface area contributed by atoms with Crippen LogP contribution in [0.5, 0.6) is 0 Å². The lowest BCUT2D eigenvalue weighted by Crippen LogP contribution is -2.40. The molecule has 2 aliphatic rings. The number of aryl methyl sites for hydroxylation is 4. The molecule has 3 aromatic carbocycles. The molecule has 2 aliphatic heterocycles. The van der Waals surface area contributed by atoms with Gasteiger partial charge in [-0.25, -0.2) is 0 Å². The van der Waals surface area contributed by atoms with Crippen LogP contribution in [0.15, 0.2) is 88.7 Å². The normalized spacial score (nSPS) is 14.5. The van der Waals surface area contributed by atoms with E-state index >= 15 is 0 Å². The molecule has 12 nitrogen and oxygen atoms in total. The van der Waals surface area contributed by atoms with Crippen LogP contribution in [0.1, 0.15) is 32.6 Å². The minimum absolute atomic E-state index is 0.0206. The fourth-order valence-corrected chi connectivity index (χ4v) is 7.35. The summed E-state index contributed by atoms with van der Waals surface area (Å²) >= 11 is 0. The van der Waals surface area contributed by atoms with Crippen LogP contribution in [0.2, 0.25) is 0 Å². The lowest BCUT2D eigenvalue weighted by atomic mass is 10.00. The molecule has 0 atom stereocenters. The van der Waals surface area contributed by atoms with Gasteiger partial charge in [0.1, 0.15) is 11.4 Å². The number of nitrogen functional groups attached to an aromatic ring is 1. The molecule has 3 N–H and O–H groups in total. The van der Waals surface area contributed by atoms with E-state index in [4.69, 9.17) is 15.2 Å². The number of benzene rings is 3. The molecule has 15 heteroatoms. The van der Waals surface area contributed by atoms with E-state index in [0.717, 1.165) is 70.0 Å². The highest BCUT2D eigenvalue weighted by molar-refractivity contribution is 6.05. The zero-order valence-corrected chi connectivity index (χ0v) is 34.9. The van der Waals surface area contributed by atoms with Gasteiger partial charge < -0.3 is 44.4 Å². The summed E-state index contributed by atoms with van der Waals surface area (Å²) in [6.07, 6.45) is -0.968. The molecule has 0 aliphatic carbocycles. The van der Waals surface area contributed by atoms with Crippen LogP contribution in [0.4, 0.5) is 35.9 Å². The topological polar surface area (TPSA) is 127 Å². The lowest BCUT2D eigenvalue weighted by molar-refractivity contribution is -0.137. The Hall–Kier alpha value is -5.90. The molecule has 0 spiro atoms. The smallest absolute Gasteiger partial charge is 0.399 e. The van der Waals surface area contributed by atoms with Crippen molar-refractivity contribution < 1.29 is 27.4 Å². The molecule has 2 aromatic heterocycles. The van der Waals surface area contributed by atoms with Crippen molar-refractivity contribution in [2.75, 3.05) is 87.6 Å². The highest BCUT2D eigenvalue weighted by Gasteiger charge is 2.32. The monoisotopic (exact) mass is 827 g/mol. The zero-order valence-electron chi connectivity index (χ0n) is 34.9. The number of rotatable bonds is 8. The Morgan fingerprint density at radius 1 is 0.733 bits per heavy atom. The number of pyridine rings is 2. The number of carbonyl (C=O) groups is 1. The fraction of sp³-hybridized carbons (Fsp3) is 0.356. The quantitative estimate of drug-likeness (QED) is 0.173. The van der Waals surface area contributed by atoms with Gasteiger partial charge in [0.15, 0.2) is 0 Å². The maximum Gasteiger partial charge on any atom is 0.416 e. The van der Waals surface area contributed by atoms with Crippen LogP contribution in [0.3, 0.4) is 0 Å². The van der Waals surface area contributed by atoms with Crippen LogP contribution >= 0.6 is 0 Å². The number of carbonyl (C=O) groups excluding carboxylic acids is 1. The number of amides is 1. The Balaban J connectivity index is 0.000000232. The van der Waals surface area contributed by atoms with Gasteiger partial charge in [-0.2, -0.15) is 13.2 Å². The van der Waals surface area contributed by atoms with Gasteiger partial charge >= 0.3 is 6.18 Å². The van der Waals surface area contributed by atoms with Crippen LogP contribution in [-0.4, -0.2) is 86.6 Å². The van der Waals surface area contributed by atoms with Gasteiger partial charge in [0.05, 0.1) is 32.0 Å². The van der Waals surface area contributed by atoms with Gasteiger partial charge in [0.2, 0.25) is 0 Å². The Bertz CT molecular complexity index is 2470. The van der Waals surface area contributed by atoms with Crippen molar-refractivity contribution >= 4 is 28.7 Å². The van der Waals surface area contributed by atoms with Crippen molar-refractivity contribution in [1.29, 1.82) is 0 Å². The van der Waals surface area contributed by atoms with E-state index < -0.39 is 17.6 Å². The van der Waals surface area contributed by atoms with Crippen LogP contribution in [-0.2, 0) is 36.3 Å². The second kappa shape index (κ2) is 18.6. The Labute approximate surface area is 347 Å². The molecule has 5 aromatic rings. The molecule has 7 rings (SSSR count). The van der Waals surface area contributed by atoms with Crippen molar-refractivity contribution in [2.45, 2.75) is 26.6 Å². The van der Waals surface area contributed by atoms with Gasteiger partial charge in [-0.1, -0.05) is 12.1 Å². The molecule has 0 unspecified atom stereocenters. The lowest BCUT2D eigenvalue weighted by Gasteiger charge is -2.29. The first-order valence-electron chi connectivity index (χ1n) is 19.7. The van der Waals surface area contributed by atoms with Crippen molar-refractivity contribution in [3.8, 4) is 22.3 Å². The number of hydrogen-bond acceptors (Lipinski definition) is 9. The molecule has 60 heavy (non-hydrogen) atoms. The summed E-state index contributed by atoms with van der Waals surface area (Å²) in [5.41, 5.74) is 13.4. The molecule has 0 radical (unpaired) electrons. The Morgan fingerprint density at radius 2 is 1.23 bits per heavy atom. The number of halogens is 3. The summed E-state index contributed by atoms with van der Waals surface area (Å²) < 4.78 is 54.5. The molecule has 0 bridgehead atoms. The van der Waals surface area contributed by atoms with E-state index in [1.165, 1.54) is 10.6 Å². The number of alkyl halides is 3. The van der Waals surface area contributed by atoms with Crippen LogP contribution in [0.25, 0.3) is 22.3 Å². The van der Waals surface area contributed by atoms with Gasteiger partial charge in [-0.3, -0.25) is 14.4 Å². The Kier molecular flexibility index (Phi) is 13.5. The highest BCUT2D eigenvalue weighted by atomic mass is 19.4. The predicted molar refractivity (Wildman–Crippen MR) is 231 cm³/mol. The average Bonchev–Trinajstić information content (AvgIpc) is 3.21. The summed E-state index contributed by atoms with van der Waals surface area (Å²) in [5.74, 6) is -0.639. The van der Waals surface area contributed by atoms with E-state index in [9.17, 15) is 27.6 Å². The minimum Gasteiger partial charge on any atom is -0.399 e. The number of nitrogens with two attached hydrogens (primary N) is 1. The molecule has 0 saturated carbocycles. The van der Waals surface area contributed by atoms with Crippen molar-refractivity contribution in [3.05, 3.63) is 128 Å². The van der Waals surface area contributed by atoms with Gasteiger partial charge in [0.25, 0.3) is 17.0 Å². The third kappa shape index (κ3) is 10.4. The minimum atomic E-state index is -4.57. The van der Waals surface area contributed by atoms with Crippen LogP contribution in [0, 0.1) is 13.8 Å². The number of morpholine rings is 2. The second-order valence-corrected chi connectivity index (χ2v) is 15.5. The largest absolute Gasteiger partial charge is 0.416 e. The summed E-state index contributed by atoms with van der Waals surface area (Å²) in [6, 6.07) is 18.4. The Morgan fingerprint density at radius 3 is 1.73 bits per heavy atom. The SMILES string of the molecule is Cc1ccc(N)cc1-c1cc(N2CCOCC2)c(=O)n(C)c1.Cc1ccc(NC(=O)c2cc(CN(C)C)cc(C(F)(F)F)c2)cc1-c1cc(N2CCOCC2)c(=O)n(C)c1. The first-order chi connectivity index (χ1) is 28.5. The first kappa shape index (κ1) is 43.7. The number of nitrogens with one attached hydrogen (secondary N) is 1. The van der Waals surface area contributed by atoms with E-state index in [2.05, 4.69) is 10.2 Å². The zero-order chi connectivity index (χ0) is 43.3. The molecule has 2 saturated heterocycles.